The fourth-order valence-corrected chi connectivity index (χ4v) is 5.11. The molecule has 0 spiro atoms. The first-order chi connectivity index (χ1) is 13.6. The van der Waals surface area contributed by atoms with Crippen LogP contribution in [0.1, 0.15) is 38.2 Å². The maximum Gasteiger partial charge on any atom is 0.228 e. The van der Waals surface area contributed by atoms with Gasteiger partial charge in [-0.3, -0.25) is 4.57 Å². The van der Waals surface area contributed by atoms with E-state index in [9.17, 15) is 0 Å². The van der Waals surface area contributed by atoms with Crippen molar-refractivity contribution in [3.8, 4) is 0 Å². The maximum atomic E-state index is 6.03. The summed E-state index contributed by atoms with van der Waals surface area (Å²) in [6, 6.07) is 3.68. The van der Waals surface area contributed by atoms with Gasteiger partial charge in [-0.2, -0.15) is 0 Å². The molecule has 0 aliphatic carbocycles. The number of nitrogens with zero attached hydrogens (tertiary/aromatic N) is 5. The van der Waals surface area contributed by atoms with Crippen LogP contribution >= 0.6 is 35.0 Å². The van der Waals surface area contributed by atoms with Crippen LogP contribution < -0.4 is 4.90 Å². The Morgan fingerprint density at radius 3 is 2.57 bits per heavy atom. The van der Waals surface area contributed by atoms with Crippen LogP contribution in [0.5, 0.6) is 0 Å². The number of hydrogen-bond acceptors (Lipinski definition) is 6. The summed E-state index contributed by atoms with van der Waals surface area (Å²) in [6.07, 6.45) is 4.85. The van der Waals surface area contributed by atoms with Gasteiger partial charge in [0, 0.05) is 25.4 Å². The van der Waals surface area contributed by atoms with Gasteiger partial charge in [0.25, 0.3) is 0 Å². The molecule has 0 saturated carbocycles. The minimum atomic E-state index is 0.239. The van der Waals surface area contributed by atoms with E-state index in [1.807, 2.05) is 12.1 Å². The zero-order valence-electron chi connectivity index (χ0n) is 16.0. The van der Waals surface area contributed by atoms with Crippen molar-refractivity contribution in [1.82, 2.24) is 19.7 Å². The smallest absolute Gasteiger partial charge is 0.228 e. The third-order valence-corrected chi connectivity index (χ3v) is 6.79. The quantitative estimate of drug-likeness (QED) is 0.478. The molecule has 9 heteroatoms. The van der Waals surface area contributed by atoms with E-state index in [1.54, 1.807) is 11.8 Å². The largest absolute Gasteiger partial charge is 0.376 e. The fraction of sp³-hybridized carbons (Fsp3) is 0.632. The van der Waals surface area contributed by atoms with Gasteiger partial charge in [0.15, 0.2) is 5.16 Å². The van der Waals surface area contributed by atoms with Crippen molar-refractivity contribution in [3.63, 3.8) is 0 Å². The normalized spacial score (nSPS) is 20.8. The molecule has 2 aromatic heterocycles. The molecule has 2 aliphatic rings. The second kappa shape index (κ2) is 9.20. The standard InChI is InChI=1S/C19H25Cl2N5OS/c1-13-4-6-25(7-5-13)18-23-24-19(26(18)11-15-3-2-8-27-15)28-12-14-9-16(20)22-17(21)10-14/h9-10,13,15H,2-8,11-12H2,1H3. The molecule has 0 radical (unpaired) electrons. The molecule has 2 aromatic rings. The van der Waals surface area contributed by atoms with E-state index in [0.29, 0.717) is 16.1 Å². The van der Waals surface area contributed by atoms with Gasteiger partial charge in [-0.1, -0.05) is 41.9 Å². The first-order valence-electron chi connectivity index (χ1n) is 9.83. The Morgan fingerprint density at radius 2 is 1.89 bits per heavy atom. The van der Waals surface area contributed by atoms with E-state index in [2.05, 4.69) is 31.6 Å². The summed E-state index contributed by atoms with van der Waals surface area (Å²) < 4.78 is 8.12. The monoisotopic (exact) mass is 441 g/mol. The van der Waals surface area contributed by atoms with Crippen LogP contribution in [0.15, 0.2) is 17.3 Å². The molecule has 0 amide bonds. The van der Waals surface area contributed by atoms with Crippen LogP contribution in [-0.4, -0.2) is 45.5 Å². The van der Waals surface area contributed by atoms with E-state index in [0.717, 1.165) is 61.7 Å². The van der Waals surface area contributed by atoms with Gasteiger partial charge < -0.3 is 9.64 Å². The van der Waals surface area contributed by atoms with Gasteiger partial charge in [-0.05, 0) is 49.3 Å². The van der Waals surface area contributed by atoms with Gasteiger partial charge in [-0.25, -0.2) is 4.98 Å². The molecule has 0 bridgehead atoms. The molecular formula is C19H25Cl2N5OS. The van der Waals surface area contributed by atoms with Crippen molar-refractivity contribution < 1.29 is 4.74 Å². The molecule has 28 heavy (non-hydrogen) atoms. The average Bonchev–Trinajstić information content (AvgIpc) is 3.31. The van der Waals surface area contributed by atoms with Crippen LogP contribution in [0.25, 0.3) is 0 Å². The van der Waals surface area contributed by atoms with Crippen molar-refractivity contribution in [2.24, 2.45) is 5.92 Å². The van der Waals surface area contributed by atoms with E-state index >= 15 is 0 Å². The minimum Gasteiger partial charge on any atom is -0.376 e. The van der Waals surface area contributed by atoms with Crippen molar-refractivity contribution in [2.75, 3.05) is 24.6 Å². The summed E-state index contributed by atoms with van der Waals surface area (Å²) in [7, 11) is 0. The highest BCUT2D eigenvalue weighted by molar-refractivity contribution is 7.98. The van der Waals surface area contributed by atoms with Crippen LogP contribution in [0.3, 0.4) is 0 Å². The van der Waals surface area contributed by atoms with Gasteiger partial charge in [0.2, 0.25) is 5.95 Å². The molecule has 0 N–H and O–H groups in total. The molecule has 2 saturated heterocycles. The highest BCUT2D eigenvalue weighted by Gasteiger charge is 2.26. The number of thioether (sulfide) groups is 1. The van der Waals surface area contributed by atoms with E-state index < -0.39 is 0 Å². The lowest BCUT2D eigenvalue weighted by Gasteiger charge is -2.31. The second-order valence-corrected chi connectivity index (χ2v) is 9.32. The number of halogens is 2. The van der Waals surface area contributed by atoms with Crippen LogP contribution in [0.2, 0.25) is 10.3 Å². The maximum absolute atomic E-state index is 6.03. The van der Waals surface area contributed by atoms with E-state index in [-0.39, 0.29) is 6.10 Å². The molecule has 1 atom stereocenters. The van der Waals surface area contributed by atoms with Crippen LogP contribution in [0, 0.1) is 5.92 Å². The fourth-order valence-electron chi connectivity index (χ4n) is 3.73. The summed E-state index contributed by atoms with van der Waals surface area (Å²) in [4.78, 5) is 6.38. The molecule has 152 valence electrons. The van der Waals surface area contributed by atoms with Crippen LogP contribution in [0.4, 0.5) is 5.95 Å². The van der Waals surface area contributed by atoms with Crippen molar-refractivity contribution in [2.45, 2.75) is 56.2 Å². The Labute approximate surface area is 180 Å². The molecule has 2 fully saturated rings. The first kappa shape index (κ1) is 20.3. The number of hydrogen-bond donors (Lipinski definition) is 0. The molecule has 2 aliphatic heterocycles. The Hall–Kier alpha value is -1.02. The molecule has 0 aromatic carbocycles. The zero-order chi connectivity index (χ0) is 19.5. The molecule has 4 rings (SSSR count). The number of ether oxygens (including phenoxy) is 1. The Kier molecular flexibility index (Phi) is 6.66. The van der Waals surface area contributed by atoms with Crippen molar-refractivity contribution in [1.29, 1.82) is 0 Å². The van der Waals surface area contributed by atoms with Gasteiger partial charge >= 0.3 is 0 Å². The first-order valence-corrected chi connectivity index (χ1v) is 11.6. The van der Waals surface area contributed by atoms with Crippen LogP contribution in [-0.2, 0) is 17.0 Å². The Balaban J connectivity index is 1.53. The lowest BCUT2D eigenvalue weighted by Crippen LogP contribution is -2.35. The number of anilines is 1. The SMILES string of the molecule is CC1CCN(c2nnc(SCc3cc(Cl)nc(Cl)c3)n2CC2CCCO2)CC1. The summed E-state index contributed by atoms with van der Waals surface area (Å²) in [5.74, 6) is 2.46. The third kappa shape index (κ3) is 4.93. The topological polar surface area (TPSA) is 56.1 Å². The van der Waals surface area contributed by atoms with Crippen molar-refractivity contribution >= 4 is 40.9 Å². The number of pyridine rings is 1. The number of piperidine rings is 1. The minimum absolute atomic E-state index is 0.239. The summed E-state index contributed by atoms with van der Waals surface area (Å²) in [5.41, 5.74) is 1.02. The average molecular weight is 442 g/mol. The predicted molar refractivity (Wildman–Crippen MR) is 113 cm³/mol. The Morgan fingerprint density at radius 1 is 1.14 bits per heavy atom. The molecule has 1 unspecified atom stereocenters. The summed E-state index contributed by atoms with van der Waals surface area (Å²) in [6.45, 7) is 6.03. The lowest BCUT2D eigenvalue weighted by molar-refractivity contribution is 0.0951. The molecular weight excluding hydrogens is 417 g/mol. The number of rotatable bonds is 6. The van der Waals surface area contributed by atoms with Gasteiger partial charge in [-0.15, -0.1) is 10.2 Å². The predicted octanol–water partition coefficient (Wildman–Crippen LogP) is 4.69. The van der Waals surface area contributed by atoms with Gasteiger partial charge in [0.1, 0.15) is 10.3 Å². The summed E-state index contributed by atoms with van der Waals surface area (Å²) >= 11 is 13.7. The van der Waals surface area contributed by atoms with Crippen molar-refractivity contribution in [3.05, 3.63) is 28.0 Å². The third-order valence-electron chi connectivity index (χ3n) is 5.36. The summed E-state index contributed by atoms with van der Waals surface area (Å²) in [5, 5.41) is 10.8. The Bertz CT molecular complexity index is 783. The van der Waals surface area contributed by atoms with E-state index in [4.69, 9.17) is 27.9 Å². The molecule has 4 heterocycles. The molecule has 6 nitrogen and oxygen atoms in total. The zero-order valence-corrected chi connectivity index (χ0v) is 18.3. The lowest BCUT2D eigenvalue weighted by atomic mass is 10.00. The van der Waals surface area contributed by atoms with E-state index in [1.165, 1.54) is 12.8 Å². The van der Waals surface area contributed by atoms with Gasteiger partial charge in [0.05, 0.1) is 12.6 Å². The highest BCUT2D eigenvalue weighted by atomic mass is 35.5. The number of aromatic nitrogens is 4. The highest BCUT2D eigenvalue weighted by Crippen LogP contribution is 2.30. The second-order valence-electron chi connectivity index (χ2n) is 7.61.